The van der Waals surface area contributed by atoms with Gasteiger partial charge in [-0.2, -0.15) is 18.2 Å². The number of anilines is 1. The first kappa shape index (κ1) is 27.5. The number of nitrogens with one attached hydrogen (secondary N) is 1. The van der Waals surface area contributed by atoms with Gasteiger partial charge >= 0.3 is 12.2 Å². The SMILES string of the molecule is COc1ccc(CCOc2nc(-c3ccco3)n(-c3cccc(NC(=O)c4ccc(C)c(C(F)(F)F)c4)c3)n2)cc1. The summed E-state index contributed by atoms with van der Waals surface area (Å²) in [6.07, 6.45) is -2.44. The van der Waals surface area contributed by atoms with E-state index in [0.29, 0.717) is 36.0 Å². The standard InChI is InChI=1S/C30H25F3N4O4/c1-19-8-11-21(17-25(19)30(31,32)33)28(38)34-22-5-3-6-23(18-22)37-27(26-7-4-15-40-26)35-29(36-37)41-16-14-20-9-12-24(39-2)13-10-20/h3-13,15,17-18H,14,16H2,1-2H3,(H,34,38). The predicted molar refractivity (Wildman–Crippen MR) is 145 cm³/mol. The lowest BCUT2D eigenvalue weighted by Gasteiger charge is -2.13. The maximum atomic E-state index is 13.3. The van der Waals surface area contributed by atoms with Crippen molar-refractivity contribution < 1.29 is 31.9 Å². The summed E-state index contributed by atoms with van der Waals surface area (Å²) in [5, 5.41) is 7.14. The Morgan fingerprint density at radius 2 is 1.83 bits per heavy atom. The van der Waals surface area contributed by atoms with Crippen molar-refractivity contribution in [3.05, 3.63) is 107 Å². The quantitative estimate of drug-likeness (QED) is 0.214. The number of nitrogens with zero attached hydrogens (tertiary/aromatic N) is 3. The van der Waals surface area contributed by atoms with Crippen molar-refractivity contribution in [2.75, 3.05) is 19.0 Å². The number of hydrogen-bond acceptors (Lipinski definition) is 6. The van der Waals surface area contributed by atoms with Crippen LogP contribution in [0.25, 0.3) is 17.3 Å². The second-order valence-electron chi connectivity index (χ2n) is 9.09. The largest absolute Gasteiger partial charge is 0.497 e. The summed E-state index contributed by atoms with van der Waals surface area (Å²) in [7, 11) is 1.61. The Labute approximate surface area is 233 Å². The molecule has 2 aromatic heterocycles. The fourth-order valence-corrected chi connectivity index (χ4v) is 4.14. The summed E-state index contributed by atoms with van der Waals surface area (Å²) >= 11 is 0. The maximum absolute atomic E-state index is 13.3. The van der Waals surface area contributed by atoms with Gasteiger partial charge in [-0.25, -0.2) is 4.68 Å². The van der Waals surface area contributed by atoms with Crippen molar-refractivity contribution in [3.63, 3.8) is 0 Å². The Morgan fingerprint density at radius 3 is 2.54 bits per heavy atom. The molecule has 0 saturated carbocycles. The minimum atomic E-state index is -4.57. The summed E-state index contributed by atoms with van der Waals surface area (Å²) < 4.78 is 58.1. The van der Waals surface area contributed by atoms with Gasteiger partial charge in [0.25, 0.3) is 5.91 Å². The molecule has 0 bridgehead atoms. The number of benzene rings is 3. The van der Waals surface area contributed by atoms with Crippen molar-refractivity contribution in [2.45, 2.75) is 19.5 Å². The molecule has 0 fully saturated rings. The average Bonchev–Trinajstić information content (AvgIpc) is 3.64. The van der Waals surface area contributed by atoms with Gasteiger partial charge in [-0.05, 0) is 72.6 Å². The van der Waals surface area contributed by atoms with Gasteiger partial charge in [0, 0.05) is 17.7 Å². The molecule has 5 aromatic rings. The summed E-state index contributed by atoms with van der Waals surface area (Å²) in [6.45, 7) is 1.67. The highest BCUT2D eigenvalue weighted by molar-refractivity contribution is 6.04. The molecular weight excluding hydrogens is 537 g/mol. The lowest BCUT2D eigenvalue weighted by Crippen LogP contribution is -2.15. The number of halogens is 3. The lowest BCUT2D eigenvalue weighted by atomic mass is 10.0. The topological polar surface area (TPSA) is 91.4 Å². The molecule has 0 atom stereocenters. The van der Waals surface area contributed by atoms with Crippen LogP contribution in [0, 0.1) is 6.92 Å². The molecule has 0 aliphatic rings. The second-order valence-corrected chi connectivity index (χ2v) is 9.09. The number of amides is 1. The highest BCUT2D eigenvalue weighted by atomic mass is 19.4. The summed E-state index contributed by atoms with van der Waals surface area (Å²) in [5.74, 6) is 0.893. The molecule has 11 heteroatoms. The highest BCUT2D eigenvalue weighted by Crippen LogP contribution is 2.32. The molecule has 0 aliphatic heterocycles. The van der Waals surface area contributed by atoms with Crippen LogP contribution in [-0.4, -0.2) is 34.4 Å². The van der Waals surface area contributed by atoms with E-state index in [1.807, 2.05) is 24.3 Å². The molecule has 210 valence electrons. The number of aryl methyl sites for hydroxylation is 1. The first-order valence-corrected chi connectivity index (χ1v) is 12.6. The first-order valence-electron chi connectivity index (χ1n) is 12.6. The zero-order valence-electron chi connectivity index (χ0n) is 22.1. The van der Waals surface area contributed by atoms with Crippen LogP contribution in [-0.2, 0) is 12.6 Å². The van der Waals surface area contributed by atoms with Crippen LogP contribution in [0.4, 0.5) is 18.9 Å². The van der Waals surface area contributed by atoms with Crippen LogP contribution >= 0.6 is 0 Å². The Bertz CT molecular complexity index is 1650. The van der Waals surface area contributed by atoms with E-state index >= 15 is 0 Å². The van der Waals surface area contributed by atoms with Gasteiger partial charge in [0.05, 0.1) is 31.2 Å². The number of carbonyl (C=O) groups is 1. The molecule has 1 N–H and O–H groups in total. The Kier molecular flexibility index (Phi) is 7.77. The zero-order valence-corrected chi connectivity index (χ0v) is 22.1. The first-order chi connectivity index (χ1) is 19.7. The average molecular weight is 563 g/mol. The third kappa shape index (κ3) is 6.40. The van der Waals surface area contributed by atoms with E-state index in [1.54, 1.807) is 43.5 Å². The number of furan rings is 1. The Morgan fingerprint density at radius 1 is 1.02 bits per heavy atom. The van der Waals surface area contributed by atoms with Gasteiger partial charge in [0.2, 0.25) is 5.82 Å². The van der Waals surface area contributed by atoms with Crippen LogP contribution in [0.3, 0.4) is 0 Å². The number of aromatic nitrogens is 3. The van der Waals surface area contributed by atoms with Crippen molar-refractivity contribution >= 4 is 11.6 Å². The number of ether oxygens (including phenoxy) is 2. The van der Waals surface area contributed by atoms with Gasteiger partial charge < -0.3 is 19.2 Å². The lowest BCUT2D eigenvalue weighted by molar-refractivity contribution is -0.138. The van der Waals surface area contributed by atoms with E-state index in [0.717, 1.165) is 17.4 Å². The number of alkyl halides is 3. The van der Waals surface area contributed by atoms with Gasteiger partial charge in [-0.1, -0.05) is 24.3 Å². The second kappa shape index (κ2) is 11.6. The zero-order chi connectivity index (χ0) is 29.0. The third-order valence-corrected chi connectivity index (χ3v) is 6.26. The van der Waals surface area contributed by atoms with Gasteiger partial charge in [0.1, 0.15) is 5.75 Å². The molecule has 2 heterocycles. The molecule has 0 aliphatic carbocycles. The predicted octanol–water partition coefficient (Wildman–Crippen LogP) is 6.74. The molecular formula is C30H25F3N4O4. The van der Waals surface area contributed by atoms with E-state index in [-0.39, 0.29) is 17.1 Å². The van der Waals surface area contributed by atoms with E-state index < -0.39 is 17.6 Å². The van der Waals surface area contributed by atoms with Crippen molar-refractivity contribution in [3.8, 4) is 29.0 Å². The Hall–Kier alpha value is -5.06. The molecule has 3 aromatic carbocycles. The van der Waals surface area contributed by atoms with E-state index in [1.165, 1.54) is 30.0 Å². The van der Waals surface area contributed by atoms with Crippen molar-refractivity contribution in [1.82, 2.24) is 14.8 Å². The van der Waals surface area contributed by atoms with Crippen LogP contribution < -0.4 is 14.8 Å². The molecule has 0 unspecified atom stereocenters. The molecule has 0 spiro atoms. The number of rotatable bonds is 9. The number of methoxy groups -OCH3 is 1. The van der Waals surface area contributed by atoms with E-state index in [4.69, 9.17) is 13.9 Å². The number of carbonyl (C=O) groups excluding carboxylic acids is 1. The normalized spacial score (nSPS) is 11.3. The highest BCUT2D eigenvalue weighted by Gasteiger charge is 2.33. The Balaban J connectivity index is 1.36. The summed E-state index contributed by atoms with van der Waals surface area (Å²) in [5.41, 5.74) is 0.990. The minimum absolute atomic E-state index is 0.0368. The van der Waals surface area contributed by atoms with E-state index in [9.17, 15) is 18.0 Å². The smallest absolute Gasteiger partial charge is 0.416 e. The van der Waals surface area contributed by atoms with Crippen molar-refractivity contribution in [2.24, 2.45) is 0 Å². The number of hydrogen-bond donors (Lipinski definition) is 1. The molecule has 5 rings (SSSR count). The van der Waals surface area contributed by atoms with Crippen molar-refractivity contribution in [1.29, 1.82) is 0 Å². The third-order valence-electron chi connectivity index (χ3n) is 6.26. The fourth-order valence-electron chi connectivity index (χ4n) is 4.14. The minimum Gasteiger partial charge on any atom is -0.497 e. The van der Waals surface area contributed by atoms with Crippen LogP contribution in [0.5, 0.6) is 11.8 Å². The van der Waals surface area contributed by atoms with Crippen LogP contribution in [0.2, 0.25) is 0 Å². The van der Waals surface area contributed by atoms with Gasteiger partial charge in [-0.3, -0.25) is 4.79 Å². The summed E-state index contributed by atoms with van der Waals surface area (Å²) in [4.78, 5) is 17.3. The van der Waals surface area contributed by atoms with Crippen LogP contribution in [0.1, 0.15) is 27.0 Å². The molecule has 8 nitrogen and oxygen atoms in total. The van der Waals surface area contributed by atoms with Gasteiger partial charge in [-0.15, -0.1) is 5.10 Å². The molecule has 0 radical (unpaired) electrons. The molecule has 0 saturated heterocycles. The van der Waals surface area contributed by atoms with Crippen LogP contribution in [0.15, 0.2) is 89.5 Å². The molecule has 1 amide bonds. The molecule has 41 heavy (non-hydrogen) atoms. The van der Waals surface area contributed by atoms with E-state index in [2.05, 4.69) is 15.4 Å². The monoisotopic (exact) mass is 562 g/mol. The fraction of sp³-hybridized carbons (Fsp3) is 0.167. The van der Waals surface area contributed by atoms with Gasteiger partial charge in [0.15, 0.2) is 5.76 Å². The maximum Gasteiger partial charge on any atom is 0.416 e. The summed E-state index contributed by atoms with van der Waals surface area (Å²) in [6, 6.07) is 21.3.